The monoisotopic (exact) mass is 769 g/mol. The Hall–Kier alpha value is -7.41. The smallest absolute Gasteiger partial charge is 0.240 e. The van der Waals surface area contributed by atoms with Gasteiger partial charge in [-0.2, -0.15) is 15.0 Å². The molecule has 6 heteroatoms. The van der Waals surface area contributed by atoms with Crippen LogP contribution >= 0.6 is 11.3 Å². The third kappa shape index (κ3) is 4.98. The fourth-order valence-corrected chi connectivity index (χ4v) is 8.19. The molecule has 0 saturated carbocycles. The zero-order chi connectivity index (χ0) is 58.3. The van der Waals surface area contributed by atoms with Crippen LogP contribution in [0.2, 0.25) is 0 Å². The van der Waals surface area contributed by atoms with Gasteiger partial charge in [0.15, 0.2) is 5.82 Å². The van der Waals surface area contributed by atoms with Crippen molar-refractivity contribution in [2.75, 3.05) is 0 Å². The molecule has 4 aromatic heterocycles. The van der Waals surface area contributed by atoms with Crippen molar-refractivity contribution in [1.82, 2.24) is 24.1 Å². The molecule has 0 spiro atoms. The highest BCUT2D eigenvalue weighted by atomic mass is 32.1. The van der Waals surface area contributed by atoms with Gasteiger partial charge in [-0.3, -0.25) is 9.13 Å². The summed E-state index contributed by atoms with van der Waals surface area (Å²) in [6.45, 7) is 0. The van der Waals surface area contributed by atoms with E-state index in [-0.39, 0.29) is 22.2 Å². The highest BCUT2D eigenvalue weighted by Crippen LogP contribution is 2.41. The van der Waals surface area contributed by atoms with Crippen molar-refractivity contribution in [2.24, 2.45) is 0 Å². The highest BCUT2D eigenvalue weighted by molar-refractivity contribution is 7.25. The molecule has 0 unspecified atom stereocenters. The second-order valence-electron chi connectivity index (χ2n) is 12.6. The second kappa shape index (κ2) is 12.6. The van der Waals surface area contributed by atoms with Gasteiger partial charge in [0.2, 0.25) is 11.9 Å². The predicted molar refractivity (Wildman–Crippen MR) is 238 cm³/mol. The number of hydrogen-bond acceptors (Lipinski definition) is 4. The molecule has 0 amide bonds. The Morgan fingerprint density at radius 1 is 0.404 bits per heavy atom. The predicted octanol–water partition coefficient (Wildman–Crippen LogP) is 13.4. The highest BCUT2D eigenvalue weighted by Gasteiger charge is 2.23. The lowest BCUT2D eigenvalue weighted by Gasteiger charge is -2.14. The van der Waals surface area contributed by atoms with Crippen molar-refractivity contribution in [3.63, 3.8) is 0 Å². The Morgan fingerprint density at radius 3 is 1.53 bits per heavy atom. The van der Waals surface area contributed by atoms with E-state index in [0.717, 1.165) is 13.8 Å². The molecule has 0 atom stereocenters. The molecule has 0 fully saturated rings. The van der Waals surface area contributed by atoms with Crippen LogP contribution in [0.3, 0.4) is 0 Å². The fraction of sp³-hybridized carbons (Fsp3) is 0. The topological polar surface area (TPSA) is 48.5 Å². The number of aromatic nitrogens is 5. The van der Waals surface area contributed by atoms with Crippen molar-refractivity contribution in [2.45, 2.75) is 0 Å². The normalized spacial score (nSPS) is 17.8. The van der Waals surface area contributed by atoms with Gasteiger partial charge in [0.1, 0.15) is 0 Å². The Labute approximate surface area is 365 Å². The molecule has 0 saturated heterocycles. The van der Waals surface area contributed by atoms with Gasteiger partial charge in [-0.15, -0.1) is 11.3 Å². The molecule has 0 N–H and O–H groups in total. The Kier molecular flexibility index (Phi) is 3.61. The summed E-state index contributed by atoms with van der Waals surface area (Å²) in [7, 11) is 0. The summed E-state index contributed by atoms with van der Waals surface area (Å²) in [6, 6.07) is -7.54. The van der Waals surface area contributed by atoms with Gasteiger partial charge < -0.3 is 0 Å². The molecule has 12 aromatic rings. The maximum absolute atomic E-state index is 10.1. The van der Waals surface area contributed by atoms with Gasteiger partial charge in [0.05, 0.1) is 55.0 Å². The number of para-hydroxylation sites is 2. The number of nitrogens with zero attached hydrogens (tertiary/aromatic N) is 5. The quantitative estimate of drug-likeness (QED) is 0.175. The van der Waals surface area contributed by atoms with Crippen LogP contribution in [0.15, 0.2) is 187 Å². The molecule has 12 rings (SSSR count). The summed E-state index contributed by atoms with van der Waals surface area (Å²) in [4.78, 5) is 14.7. The molecule has 0 aliphatic carbocycles. The first-order valence-corrected chi connectivity index (χ1v) is 18.0. The number of fused-ring (bicyclic) bond motifs is 9. The molecule has 8 aromatic carbocycles. The van der Waals surface area contributed by atoms with Crippen molar-refractivity contribution in [1.29, 1.82) is 0 Å². The molecule has 0 aliphatic heterocycles. The Morgan fingerprint density at radius 2 is 0.912 bits per heavy atom. The fourth-order valence-electron chi connectivity index (χ4n) is 7.06. The summed E-state index contributed by atoms with van der Waals surface area (Å²) in [5.74, 6) is -1.60. The minimum Gasteiger partial charge on any atom is -0.278 e. The van der Waals surface area contributed by atoms with Gasteiger partial charge >= 0.3 is 0 Å². The van der Waals surface area contributed by atoms with Crippen molar-refractivity contribution < 1.29 is 32.9 Å². The van der Waals surface area contributed by atoms with Crippen LogP contribution in [-0.4, -0.2) is 24.1 Å². The van der Waals surface area contributed by atoms with Gasteiger partial charge in [-0.05, 0) is 58.6 Å². The van der Waals surface area contributed by atoms with Gasteiger partial charge in [0, 0.05) is 47.3 Å². The lowest BCUT2D eigenvalue weighted by atomic mass is 10.0. The van der Waals surface area contributed by atoms with E-state index in [4.69, 9.17) is 36.9 Å². The summed E-state index contributed by atoms with van der Waals surface area (Å²) < 4.78 is 220. The van der Waals surface area contributed by atoms with Gasteiger partial charge in [-0.1, -0.05) is 151 Å². The lowest BCUT2D eigenvalue weighted by molar-refractivity contribution is 0.893. The molecule has 0 radical (unpaired) electrons. The number of thiophene rings is 1. The zero-order valence-electron chi connectivity index (χ0n) is 52.7. The van der Waals surface area contributed by atoms with Crippen LogP contribution in [0.5, 0.6) is 0 Å². The summed E-state index contributed by atoms with van der Waals surface area (Å²) in [6.07, 6.45) is 0. The number of hydrogen-bond donors (Lipinski definition) is 0. The van der Waals surface area contributed by atoms with E-state index in [1.165, 1.54) is 11.3 Å². The van der Waals surface area contributed by atoms with Gasteiger partial charge in [0.25, 0.3) is 0 Å². The van der Waals surface area contributed by atoms with Crippen LogP contribution in [0, 0.1) is 0 Å². The maximum atomic E-state index is 10.1. The Balaban J connectivity index is 1.37. The number of rotatable bonds is 5. The maximum Gasteiger partial charge on any atom is 0.240 e. The van der Waals surface area contributed by atoms with E-state index < -0.39 is 212 Å². The minimum absolute atomic E-state index is 0.251. The van der Waals surface area contributed by atoms with Crippen LogP contribution in [-0.2, 0) is 0 Å². The average molecular weight is 770 g/mol. The second-order valence-corrected chi connectivity index (χ2v) is 13.7. The first-order chi connectivity index (χ1) is 38.3. The molecule has 57 heavy (non-hydrogen) atoms. The van der Waals surface area contributed by atoms with E-state index in [1.54, 1.807) is 18.2 Å². The summed E-state index contributed by atoms with van der Waals surface area (Å²) in [5, 5.41) is -0.526. The minimum atomic E-state index is -0.904. The Bertz CT molecular complexity index is 4670. The van der Waals surface area contributed by atoms with Crippen molar-refractivity contribution >= 4 is 75.1 Å². The van der Waals surface area contributed by atoms with Crippen molar-refractivity contribution in [3.05, 3.63) is 187 Å². The van der Waals surface area contributed by atoms with Crippen molar-refractivity contribution in [3.8, 4) is 45.5 Å². The van der Waals surface area contributed by atoms with Crippen LogP contribution in [0.25, 0.3) is 109 Å². The summed E-state index contributed by atoms with van der Waals surface area (Å²) in [5.41, 5.74) is -4.68. The molecule has 4 heterocycles. The largest absolute Gasteiger partial charge is 0.278 e. The van der Waals surface area contributed by atoms with E-state index >= 15 is 0 Å². The first kappa shape index (κ1) is 16.4. The van der Waals surface area contributed by atoms with E-state index in [1.807, 2.05) is 24.3 Å². The average Bonchev–Trinajstić information content (AvgIpc) is 2.73. The molecular formula is C51H31N5S. The van der Waals surface area contributed by atoms with E-state index in [9.17, 15) is 11.0 Å². The SMILES string of the molecule is [2H]c1c([2H])c([2H])c(-c2c([2H])c([2H])c3c4c([2H])c([2H])c(-c5c([2H])c([2H])c([2H])c([2H])c5[2H])c([2H])c4n(-c4nc(-c5cccc6sc7ccccc7c56)nc(-n5c6c([2H])c([2H])c([2H])c([2H])c6c6c([2H])c([2H])c([2H])c([2H])c65)n4)c3c2[2H])c([2H])c1[2H]. The van der Waals surface area contributed by atoms with Gasteiger partial charge in [-0.25, -0.2) is 0 Å². The first-order valence-electron chi connectivity index (χ1n) is 29.2. The molecular weight excluding hydrogens is 715 g/mol. The third-order valence-electron chi connectivity index (χ3n) is 9.47. The molecule has 266 valence electrons. The van der Waals surface area contributed by atoms with E-state index in [0.29, 0.717) is 15.5 Å². The van der Waals surface area contributed by atoms with Crippen LogP contribution < -0.4 is 0 Å². The lowest BCUT2D eigenvalue weighted by Crippen LogP contribution is -2.10. The standard InChI is InChI=1S/C51H31N5S/c1-3-14-32(15-4-1)34-26-28-38-39-29-27-35(33-16-5-2-6-17-33)31-45(39)56(44(38)30-34)51-53-49(41-21-13-25-47-48(41)40-20-9-12-24-46(40)57-47)52-50(54-51)55-42-22-10-7-18-36(42)37-19-8-11-23-43(37)55/h1-31H/i1D,2D,3D,4D,5D,6D,7D,8D,10D,11D,14D,15D,16D,17D,18D,19D,22D,23D,26D,27D,28D,29D,30D,31D. The third-order valence-corrected chi connectivity index (χ3v) is 10.6. The van der Waals surface area contributed by atoms with E-state index in [2.05, 4.69) is 0 Å². The zero-order valence-corrected chi connectivity index (χ0v) is 29.5. The number of benzene rings is 8. The van der Waals surface area contributed by atoms with Crippen LogP contribution in [0.1, 0.15) is 32.9 Å². The molecule has 5 nitrogen and oxygen atoms in total. The van der Waals surface area contributed by atoms with Crippen LogP contribution in [0.4, 0.5) is 0 Å². The molecule has 0 aliphatic rings. The molecule has 0 bridgehead atoms. The summed E-state index contributed by atoms with van der Waals surface area (Å²) >= 11 is 1.40.